The van der Waals surface area contributed by atoms with Crippen molar-refractivity contribution in [2.24, 2.45) is 0 Å². The molecule has 1 N–H and O–H groups in total. The molecule has 0 radical (unpaired) electrons. The fourth-order valence-corrected chi connectivity index (χ4v) is 1.67. The van der Waals surface area contributed by atoms with E-state index in [0.29, 0.717) is 12.4 Å². The van der Waals surface area contributed by atoms with E-state index in [-0.39, 0.29) is 0 Å². The van der Waals surface area contributed by atoms with Crippen molar-refractivity contribution in [3.63, 3.8) is 0 Å². The average Bonchev–Trinajstić information content (AvgIpc) is 2.44. The van der Waals surface area contributed by atoms with Crippen molar-refractivity contribution in [2.45, 2.75) is 13.5 Å². The number of ether oxygens (including phenoxy) is 1. The van der Waals surface area contributed by atoms with Crippen LogP contribution in [0, 0.1) is 0 Å². The minimum absolute atomic E-state index is 0.497. The summed E-state index contributed by atoms with van der Waals surface area (Å²) in [7, 11) is 1.87. The number of aromatic nitrogens is 2. The Kier molecular flexibility index (Phi) is 4.64. The molecule has 4 heteroatoms. The van der Waals surface area contributed by atoms with Gasteiger partial charge in [0, 0.05) is 12.1 Å². The Hall–Kier alpha value is -2.20. The molecule has 2 aromatic rings. The SMILES string of the molecule is C/C=C/c1ccccc1Oc1cnc(CNC)cn1. The summed E-state index contributed by atoms with van der Waals surface area (Å²) in [6.45, 7) is 2.67. The average molecular weight is 255 g/mol. The van der Waals surface area contributed by atoms with Gasteiger partial charge in [-0.25, -0.2) is 4.98 Å². The third-order valence-electron chi connectivity index (χ3n) is 2.52. The van der Waals surface area contributed by atoms with Crippen molar-refractivity contribution in [3.8, 4) is 11.6 Å². The Bertz CT molecular complexity index is 550. The number of benzene rings is 1. The van der Waals surface area contributed by atoms with Gasteiger partial charge in [-0.15, -0.1) is 0 Å². The summed E-state index contributed by atoms with van der Waals surface area (Å²) in [6, 6.07) is 7.83. The van der Waals surface area contributed by atoms with Crippen LogP contribution in [0.5, 0.6) is 11.6 Å². The van der Waals surface area contributed by atoms with Crippen LogP contribution in [-0.2, 0) is 6.54 Å². The molecule has 0 spiro atoms. The topological polar surface area (TPSA) is 47.0 Å². The Morgan fingerprint density at radius 2 is 2.05 bits per heavy atom. The highest BCUT2D eigenvalue weighted by atomic mass is 16.5. The normalized spacial score (nSPS) is 10.8. The first-order valence-electron chi connectivity index (χ1n) is 6.18. The molecule has 0 saturated carbocycles. The van der Waals surface area contributed by atoms with Gasteiger partial charge in [-0.05, 0) is 20.0 Å². The minimum atomic E-state index is 0.497. The molecule has 1 heterocycles. The monoisotopic (exact) mass is 255 g/mol. The number of nitrogens with zero attached hydrogens (tertiary/aromatic N) is 2. The fourth-order valence-electron chi connectivity index (χ4n) is 1.67. The molecule has 0 atom stereocenters. The van der Waals surface area contributed by atoms with Crippen molar-refractivity contribution in [2.75, 3.05) is 7.05 Å². The minimum Gasteiger partial charge on any atom is -0.437 e. The van der Waals surface area contributed by atoms with E-state index in [2.05, 4.69) is 15.3 Å². The van der Waals surface area contributed by atoms with Gasteiger partial charge in [0.05, 0.1) is 18.1 Å². The van der Waals surface area contributed by atoms with E-state index >= 15 is 0 Å². The molecular formula is C15H17N3O. The molecule has 0 unspecified atom stereocenters. The summed E-state index contributed by atoms with van der Waals surface area (Å²) in [6.07, 6.45) is 7.32. The number of para-hydroxylation sites is 1. The molecule has 1 aromatic heterocycles. The van der Waals surface area contributed by atoms with E-state index in [1.807, 2.05) is 50.4 Å². The molecule has 98 valence electrons. The molecular weight excluding hydrogens is 238 g/mol. The van der Waals surface area contributed by atoms with E-state index in [1.54, 1.807) is 12.4 Å². The highest BCUT2D eigenvalue weighted by Crippen LogP contribution is 2.24. The molecule has 4 nitrogen and oxygen atoms in total. The predicted molar refractivity (Wildman–Crippen MR) is 76.0 cm³/mol. The van der Waals surface area contributed by atoms with Crippen molar-refractivity contribution in [1.29, 1.82) is 0 Å². The van der Waals surface area contributed by atoms with Crippen LogP contribution in [-0.4, -0.2) is 17.0 Å². The van der Waals surface area contributed by atoms with E-state index in [4.69, 9.17) is 4.74 Å². The summed E-state index contributed by atoms with van der Waals surface area (Å²) in [5.41, 5.74) is 1.91. The zero-order valence-corrected chi connectivity index (χ0v) is 11.1. The third kappa shape index (κ3) is 3.63. The van der Waals surface area contributed by atoms with E-state index in [1.165, 1.54) is 0 Å². The standard InChI is InChI=1S/C15H17N3O/c1-3-6-12-7-4-5-8-14(12)19-15-11-17-13(9-16-2)10-18-15/h3-8,10-11,16H,9H2,1-2H3/b6-3+. The molecule has 0 bridgehead atoms. The molecule has 0 saturated heterocycles. The Morgan fingerprint density at radius 3 is 2.74 bits per heavy atom. The maximum atomic E-state index is 5.75. The Labute approximate surface area is 113 Å². The number of allylic oxidation sites excluding steroid dienone is 1. The predicted octanol–water partition coefficient (Wildman–Crippen LogP) is 3.02. The van der Waals surface area contributed by atoms with Crippen molar-refractivity contribution < 1.29 is 4.74 Å². The summed E-state index contributed by atoms with van der Waals surface area (Å²) in [5, 5.41) is 3.03. The second-order valence-corrected chi connectivity index (χ2v) is 4.02. The number of rotatable bonds is 5. The maximum Gasteiger partial charge on any atom is 0.237 e. The van der Waals surface area contributed by atoms with Crippen LogP contribution in [0.25, 0.3) is 6.08 Å². The van der Waals surface area contributed by atoms with Crippen LogP contribution >= 0.6 is 0 Å². The zero-order valence-electron chi connectivity index (χ0n) is 11.1. The highest BCUT2D eigenvalue weighted by molar-refractivity contribution is 5.57. The summed E-state index contributed by atoms with van der Waals surface area (Å²) < 4.78 is 5.75. The first kappa shape index (κ1) is 13.2. The van der Waals surface area contributed by atoms with Crippen LogP contribution in [0.2, 0.25) is 0 Å². The molecule has 0 aliphatic rings. The highest BCUT2D eigenvalue weighted by Gasteiger charge is 2.03. The number of hydrogen-bond acceptors (Lipinski definition) is 4. The lowest BCUT2D eigenvalue weighted by molar-refractivity contribution is 0.458. The molecule has 0 fully saturated rings. The third-order valence-corrected chi connectivity index (χ3v) is 2.52. The fraction of sp³-hybridized carbons (Fsp3) is 0.200. The van der Waals surface area contributed by atoms with Gasteiger partial charge in [0.2, 0.25) is 5.88 Å². The van der Waals surface area contributed by atoms with Gasteiger partial charge in [-0.3, -0.25) is 4.98 Å². The van der Waals surface area contributed by atoms with Crippen LogP contribution in [0.4, 0.5) is 0 Å². The number of hydrogen-bond donors (Lipinski definition) is 1. The molecule has 0 aliphatic carbocycles. The lowest BCUT2D eigenvalue weighted by atomic mass is 10.2. The van der Waals surface area contributed by atoms with Crippen molar-refractivity contribution >= 4 is 6.08 Å². The van der Waals surface area contributed by atoms with Crippen LogP contribution in [0.15, 0.2) is 42.7 Å². The lowest BCUT2D eigenvalue weighted by Crippen LogP contribution is -2.07. The molecule has 0 amide bonds. The van der Waals surface area contributed by atoms with Crippen LogP contribution < -0.4 is 10.1 Å². The van der Waals surface area contributed by atoms with Gasteiger partial charge >= 0.3 is 0 Å². The van der Waals surface area contributed by atoms with E-state index < -0.39 is 0 Å². The quantitative estimate of drug-likeness (QED) is 0.892. The first-order chi connectivity index (χ1) is 9.33. The molecule has 19 heavy (non-hydrogen) atoms. The maximum absolute atomic E-state index is 5.75. The Balaban J connectivity index is 2.16. The summed E-state index contributed by atoms with van der Waals surface area (Å²) >= 11 is 0. The van der Waals surface area contributed by atoms with Gasteiger partial charge in [-0.1, -0.05) is 30.4 Å². The van der Waals surface area contributed by atoms with Crippen LogP contribution in [0.3, 0.4) is 0 Å². The van der Waals surface area contributed by atoms with Gasteiger partial charge in [0.25, 0.3) is 0 Å². The summed E-state index contributed by atoms with van der Waals surface area (Å²) in [4.78, 5) is 8.52. The largest absolute Gasteiger partial charge is 0.437 e. The van der Waals surface area contributed by atoms with E-state index in [9.17, 15) is 0 Å². The van der Waals surface area contributed by atoms with Crippen molar-refractivity contribution in [1.82, 2.24) is 15.3 Å². The lowest BCUT2D eigenvalue weighted by Gasteiger charge is -2.07. The molecule has 0 aliphatic heterocycles. The van der Waals surface area contributed by atoms with Gasteiger partial charge < -0.3 is 10.1 Å². The summed E-state index contributed by atoms with van der Waals surface area (Å²) in [5.74, 6) is 1.27. The second-order valence-electron chi connectivity index (χ2n) is 4.02. The van der Waals surface area contributed by atoms with Crippen LogP contribution in [0.1, 0.15) is 18.2 Å². The Morgan fingerprint density at radius 1 is 1.21 bits per heavy atom. The molecule has 2 rings (SSSR count). The van der Waals surface area contributed by atoms with Gasteiger partial charge in [-0.2, -0.15) is 0 Å². The first-order valence-corrected chi connectivity index (χ1v) is 6.18. The van der Waals surface area contributed by atoms with Gasteiger partial charge in [0.1, 0.15) is 5.75 Å². The van der Waals surface area contributed by atoms with E-state index in [0.717, 1.165) is 17.0 Å². The second kappa shape index (κ2) is 6.66. The molecule has 1 aromatic carbocycles. The van der Waals surface area contributed by atoms with Gasteiger partial charge in [0.15, 0.2) is 0 Å². The number of nitrogens with one attached hydrogen (secondary N) is 1. The zero-order chi connectivity index (χ0) is 13.5. The van der Waals surface area contributed by atoms with Crippen molar-refractivity contribution in [3.05, 3.63) is 54.0 Å². The smallest absolute Gasteiger partial charge is 0.237 e.